The molecule has 0 saturated carbocycles. The van der Waals surface area contributed by atoms with Crippen LogP contribution in [-0.4, -0.2) is 39.4 Å². The van der Waals surface area contributed by atoms with E-state index in [1.807, 2.05) is 65.1 Å². The van der Waals surface area contributed by atoms with Gasteiger partial charge in [0, 0.05) is 48.8 Å². The summed E-state index contributed by atoms with van der Waals surface area (Å²) in [5.74, 6) is -0.145. The fourth-order valence-electron chi connectivity index (χ4n) is 3.64. The standard InChI is InChI=1S/C23H24N4O2/c1-17-20(23(29)27-12-2-3-13-27)5-4-6-21(17)25-22(28)19-9-7-18(8-10-19)15-26-14-11-24-16-26/h4-11,14,16H,2-3,12-13,15H2,1H3,(H,25,28). The molecule has 2 heterocycles. The fourth-order valence-corrected chi connectivity index (χ4v) is 3.64. The number of hydrogen-bond donors (Lipinski definition) is 1. The van der Waals surface area contributed by atoms with E-state index in [4.69, 9.17) is 0 Å². The van der Waals surface area contributed by atoms with Crippen molar-refractivity contribution in [3.05, 3.63) is 83.4 Å². The van der Waals surface area contributed by atoms with Gasteiger partial charge in [-0.25, -0.2) is 4.98 Å². The number of amides is 2. The number of likely N-dealkylation sites (tertiary alicyclic amines) is 1. The molecule has 0 aliphatic carbocycles. The van der Waals surface area contributed by atoms with E-state index in [0.717, 1.165) is 37.1 Å². The highest BCUT2D eigenvalue weighted by Crippen LogP contribution is 2.23. The summed E-state index contributed by atoms with van der Waals surface area (Å²) in [5, 5.41) is 2.95. The molecule has 148 valence electrons. The molecule has 0 spiro atoms. The minimum Gasteiger partial charge on any atom is -0.339 e. The monoisotopic (exact) mass is 388 g/mol. The molecule has 2 amide bonds. The van der Waals surface area contributed by atoms with Gasteiger partial charge in [0.25, 0.3) is 11.8 Å². The number of imidazole rings is 1. The first-order valence-electron chi connectivity index (χ1n) is 9.87. The Hall–Kier alpha value is -3.41. The number of benzene rings is 2. The van der Waals surface area contributed by atoms with Crippen LogP contribution in [0.4, 0.5) is 5.69 Å². The van der Waals surface area contributed by atoms with Gasteiger partial charge in [0.15, 0.2) is 0 Å². The van der Waals surface area contributed by atoms with Gasteiger partial charge in [0.05, 0.1) is 6.33 Å². The van der Waals surface area contributed by atoms with Crippen LogP contribution in [0.1, 0.15) is 44.7 Å². The van der Waals surface area contributed by atoms with Crippen LogP contribution in [-0.2, 0) is 6.54 Å². The lowest BCUT2D eigenvalue weighted by Gasteiger charge is -2.18. The van der Waals surface area contributed by atoms with Gasteiger partial charge in [-0.1, -0.05) is 18.2 Å². The summed E-state index contributed by atoms with van der Waals surface area (Å²) in [6.45, 7) is 4.20. The van der Waals surface area contributed by atoms with Crippen molar-refractivity contribution >= 4 is 17.5 Å². The van der Waals surface area contributed by atoms with Crippen molar-refractivity contribution in [2.24, 2.45) is 0 Å². The maximum atomic E-state index is 12.8. The Labute approximate surface area is 170 Å². The third-order valence-electron chi connectivity index (χ3n) is 5.35. The smallest absolute Gasteiger partial charge is 0.255 e. The Balaban J connectivity index is 1.46. The van der Waals surface area contributed by atoms with Gasteiger partial charge in [0.1, 0.15) is 0 Å². The molecule has 6 heteroatoms. The highest BCUT2D eigenvalue weighted by Gasteiger charge is 2.22. The SMILES string of the molecule is Cc1c(NC(=O)c2ccc(Cn3ccnc3)cc2)cccc1C(=O)N1CCCC1. The number of nitrogens with zero attached hydrogens (tertiary/aromatic N) is 3. The van der Waals surface area contributed by atoms with Crippen LogP contribution in [0, 0.1) is 6.92 Å². The second-order valence-electron chi connectivity index (χ2n) is 7.36. The number of aromatic nitrogens is 2. The summed E-state index contributed by atoms with van der Waals surface area (Å²) in [5.41, 5.74) is 3.79. The first kappa shape index (κ1) is 18.9. The maximum Gasteiger partial charge on any atom is 0.255 e. The molecule has 1 aromatic heterocycles. The number of carbonyl (C=O) groups is 2. The van der Waals surface area contributed by atoms with Crippen molar-refractivity contribution in [1.29, 1.82) is 0 Å². The van der Waals surface area contributed by atoms with Gasteiger partial charge in [0.2, 0.25) is 0 Å². The summed E-state index contributed by atoms with van der Waals surface area (Å²) in [4.78, 5) is 31.4. The zero-order chi connectivity index (χ0) is 20.2. The summed E-state index contributed by atoms with van der Waals surface area (Å²) >= 11 is 0. The Morgan fingerprint density at radius 1 is 1.07 bits per heavy atom. The third-order valence-corrected chi connectivity index (χ3v) is 5.35. The summed E-state index contributed by atoms with van der Waals surface area (Å²) in [7, 11) is 0. The molecule has 1 aliphatic heterocycles. The second kappa shape index (κ2) is 8.31. The molecule has 3 aromatic rings. The molecule has 0 radical (unpaired) electrons. The van der Waals surface area contributed by atoms with E-state index in [1.54, 1.807) is 12.5 Å². The minimum atomic E-state index is -0.187. The molecule has 0 unspecified atom stereocenters. The van der Waals surface area contributed by atoms with Crippen molar-refractivity contribution in [1.82, 2.24) is 14.5 Å². The highest BCUT2D eigenvalue weighted by atomic mass is 16.2. The Morgan fingerprint density at radius 3 is 2.52 bits per heavy atom. The minimum absolute atomic E-state index is 0.0416. The van der Waals surface area contributed by atoms with Gasteiger partial charge < -0.3 is 14.8 Å². The summed E-state index contributed by atoms with van der Waals surface area (Å²) in [6, 6.07) is 13.0. The van der Waals surface area contributed by atoms with Crippen LogP contribution in [0.25, 0.3) is 0 Å². The lowest BCUT2D eigenvalue weighted by Crippen LogP contribution is -2.28. The van der Waals surface area contributed by atoms with E-state index in [-0.39, 0.29) is 11.8 Å². The van der Waals surface area contributed by atoms with Crippen LogP contribution < -0.4 is 5.32 Å². The predicted octanol–water partition coefficient (Wildman–Crippen LogP) is 3.73. The molecule has 29 heavy (non-hydrogen) atoms. The average molecular weight is 388 g/mol. The van der Waals surface area contributed by atoms with Crippen LogP contribution in [0.5, 0.6) is 0 Å². The van der Waals surface area contributed by atoms with E-state index in [1.165, 1.54) is 0 Å². The van der Waals surface area contributed by atoms with E-state index in [9.17, 15) is 9.59 Å². The molecule has 0 bridgehead atoms. The molecule has 0 atom stereocenters. The Bertz CT molecular complexity index is 1000. The largest absolute Gasteiger partial charge is 0.339 e. The van der Waals surface area contributed by atoms with Crippen molar-refractivity contribution in [2.75, 3.05) is 18.4 Å². The Kier molecular flexibility index (Phi) is 5.42. The van der Waals surface area contributed by atoms with Gasteiger partial charge in [-0.15, -0.1) is 0 Å². The van der Waals surface area contributed by atoms with Crippen molar-refractivity contribution in [3.8, 4) is 0 Å². The van der Waals surface area contributed by atoms with E-state index in [2.05, 4.69) is 10.3 Å². The molecular formula is C23H24N4O2. The zero-order valence-corrected chi connectivity index (χ0v) is 16.5. The molecule has 1 fully saturated rings. The molecular weight excluding hydrogens is 364 g/mol. The van der Waals surface area contributed by atoms with Crippen LogP contribution in [0.15, 0.2) is 61.2 Å². The van der Waals surface area contributed by atoms with Gasteiger partial charge in [-0.3, -0.25) is 9.59 Å². The molecule has 4 rings (SSSR count). The third kappa shape index (κ3) is 4.21. The lowest BCUT2D eigenvalue weighted by atomic mass is 10.0. The van der Waals surface area contributed by atoms with Crippen LogP contribution >= 0.6 is 0 Å². The molecule has 2 aromatic carbocycles. The van der Waals surface area contributed by atoms with Gasteiger partial charge in [-0.2, -0.15) is 0 Å². The molecule has 1 saturated heterocycles. The van der Waals surface area contributed by atoms with E-state index in [0.29, 0.717) is 23.4 Å². The number of nitrogens with one attached hydrogen (secondary N) is 1. The number of anilines is 1. The number of carbonyl (C=O) groups excluding carboxylic acids is 2. The topological polar surface area (TPSA) is 67.2 Å². The zero-order valence-electron chi connectivity index (χ0n) is 16.5. The van der Waals surface area contributed by atoms with Crippen molar-refractivity contribution in [2.45, 2.75) is 26.3 Å². The second-order valence-corrected chi connectivity index (χ2v) is 7.36. The van der Waals surface area contributed by atoms with Gasteiger partial charge >= 0.3 is 0 Å². The first-order chi connectivity index (χ1) is 14.1. The van der Waals surface area contributed by atoms with Crippen molar-refractivity contribution < 1.29 is 9.59 Å². The average Bonchev–Trinajstić information content (AvgIpc) is 3.44. The quantitative estimate of drug-likeness (QED) is 0.724. The molecule has 1 N–H and O–H groups in total. The lowest BCUT2D eigenvalue weighted by molar-refractivity contribution is 0.0791. The van der Waals surface area contributed by atoms with Gasteiger partial charge in [-0.05, 0) is 55.2 Å². The summed E-state index contributed by atoms with van der Waals surface area (Å²) in [6.07, 6.45) is 7.52. The first-order valence-corrected chi connectivity index (χ1v) is 9.87. The molecule has 6 nitrogen and oxygen atoms in total. The maximum absolute atomic E-state index is 12.8. The van der Waals surface area contributed by atoms with Crippen LogP contribution in [0.2, 0.25) is 0 Å². The van der Waals surface area contributed by atoms with E-state index < -0.39 is 0 Å². The fraction of sp³-hybridized carbons (Fsp3) is 0.261. The number of hydrogen-bond acceptors (Lipinski definition) is 3. The van der Waals surface area contributed by atoms with Crippen molar-refractivity contribution in [3.63, 3.8) is 0 Å². The highest BCUT2D eigenvalue weighted by molar-refractivity contribution is 6.06. The molecule has 1 aliphatic rings. The summed E-state index contributed by atoms with van der Waals surface area (Å²) < 4.78 is 1.97. The Morgan fingerprint density at radius 2 is 1.83 bits per heavy atom. The normalized spacial score (nSPS) is 13.5. The van der Waals surface area contributed by atoms with E-state index >= 15 is 0 Å². The predicted molar refractivity (Wildman–Crippen MR) is 112 cm³/mol. The number of rotatable bonds is 5. The van der Waals surface area contributed by atoms with Crippen LogP contribution in [0.3, 0.4) is 0 Å².